The molecule has 1 aliphatic heterocycles. The second-order valence-corrected chi connectivity index (χ2v) is 6.12. The topological polar surface area (TPSA) is 111 Å². The Balaban J connectivity index is 1.84. The molecule has 9 nitrogen and oxygen atoms in total. The van der Waals surface area contributed by atoms with E-state index >= 15 is 0 Å². The molecule has 0 spiro atoms. The molecule has 2 aromatic rings. The van der Waals surface area contributed by atoms with Crippen LogP contribution in [-0.4, -0.2) is 36.5 Å². The standard InChI is InChI=1S/C19H19N3O6/c1-3-16-19(24)21(15-10-13(22(25)26)6-9-17(15)28-16)11-18(23)20-12-4-7-14(27-2)8-5-12/h4-10,16H,3,11H2,1-2H3,(H,20,23). The lowest BCUT2D eigenvalue weighted by Crippen LogP contribution is -2.48. The van der Waals surface area contributed by atoms with Crippen LogP contribution in [-0.2, 0) is 9.59 Å². The van der Waals surface area contributed by atoms with Crippen LogP contribution in [0.25, 0.3) is 0 Å². The van der Waals surface area contributed by atoms with Crippen LogP contribution in [0.3, 0.4) is 0 Å². The molecule has 28 heavy (non-hydrogen) atoms. The van der Waals surface area contributed by atoms with Crippen molar-refractivity contribution in [2.45, 2.75) is 19.4 Å². The number of non-ortho nitro benzene ring substituents is 1. The van der Waals surface area contributed by atoms with Gasteiger partial charge in [-0.15, -0.1) is 0 Å². The summed E-state index contributed by atoms with van der Waals surface area (Å²) < 4.78 is 10.7. The number of nitrogens with zero attached hydrogens (tertiary/aromatic N) is 2. The molecule has 0 aliphatic carbocycles. The number of methoxy groups -OCH3 is 1. The van der Waals surface area contributed by atoms with E-state index in [2.05, 4.69) is 5.32 Å². The van der Waals surface area contributed by atoms with Crippen molar-refractivity contribution in [3.8, 4) is 11.5 Å². The van der Waals surface area contributed by atoms with E-state index in [1.54, 1.807) is 38.3 Å². The molecule has 3 rings (SSSR count). The third-order valence-corrected chi connectivity index (χ3v) is 4.30. The van der Waals surface area contributed by atoms with Crippen molar-refractivity contribution in [2.24, 2.45) is 0 Å². The fourth-order valence-corrected chi connectivity index (χ4v) is 2.87. The van der Waals surface area contributed by atoms with E-state index in [1.807, 2.05) is 0 Å². The molecule has 0 radical (unpaired) electrons. The Bertz CT molecular complexity index is 912. The minimum atomic E-state index is -0.747. The highest BCUT2D eigenvalue weighted by molar-refractivity contribution is 6.06. The van der Waals surface area contributed by atoms with Gasteiger partial charge in [0, 0.05) is 17.8 Å². The SMILES string of the molecule is CCC1Oc2ccc([N+](=O)[O-])cc2N(CC(=O)Nc2ccc(OC)cc2)C1=O. The molecular weight excluding hydrogens is 366 g/mol. The maximum Gasteiger partial charge on any atom is 0.271 e. The summed E-state index contributed by atoms with van der Waals surface area (Å²) in [6, 6.07) is 10.7. The van der Waals surface area contributed by atoms with Gasteiger partial charge >= 0.3 is 0 Å². The number of fused-ring (bicyclic) bond motifs is 1. The van der Waals surface area contributed by atoms with Crippen molar-refractivity contribution in [3.63, 3.8) is 0 Å². The number of nitrogens with one attached hydrogen (secondary N) is 1. The maximum atomic E-state index is 12.7. The summed E-state index contributed by atoms with van der Waals surface area (Å²) in [5, 5.41) is 13.8. The first kappa shape index (κ1) is 19.2. The Hall–Kier alpha value is -3.62. The number of hydrogen-bond donors (Lipinski definition) is 1. The summed E-state index contributed by atoms with van der Waals surface area (Å²) in [5.74, 6) is 0.121. The Kier molecular flexibility index (Phi) is 5.44. The summed E-state index contributed by atoms with van der Waals surface area (Å²) in [5.41, 5.74) is 0.553. The van der Waals surface area contributed by atoms with E-state index < -0.39 is 22.8 Å². The van der Waals surface area contributed by atoms with Gasteiger partial charge in [0.2, 0.25) is 5.91 Å². The van der Waals surface area contributed by atoms with E-state index in [9.17, 15) is 19.7 Å². The highest BCUT2D eigenvalue weighted by Gasteiger charge is 2.35. The number of rotatable bonds is 6. The zero-order chi connectivity index (χ0) is 20.3. The smallest absolute Gasteiger partial charge is 0.271 e. The van der Waals surface area contributed by atoms with Gasteiger partial charge in [-0.3, -0.25) is 24.6 Å². The van der Waals surface area contributed by atoms with Gasteiger partial charge in [0.05, 0.1) is 17.7 Å². The molecule has 2 amide bonds. The lowest BCUT2D eigenvalue weighted by atomic mass is 10.1. The molecule has 0 saturated heterocycles. The Labute approximate surface area is 161 Å². The van der Waals surface area contributed by atoms with Crippen molar-refractivity contribution < 1.29 is 24.0 Å². The molecule has 1 heterocycles. The van der Waals surface area contributed by atoms with Gasteiger partial charge in [-0.1, -0.05) is 6.92 Å². The summed E-state index contributed by atoms with van der Waals surface area (Å²) in [7, 11) is 1.54. The maximum absolute atomic E-state index is 12.7. The number of carbonyl (C=O) groups is 2. The summed E-state index contributed by atoms with van der Waals surface area (Å²) in [6.45, 7) is 1.49. The van der Waals surface area contributed by atoms with E-state index in [4.69, 9.17) is 9.47 Å². The molecule has 1 unspecified atom stereocenters. The minimum Gasteiger partial charge on any atom is -0.497 e. The number of ether oxygens (including phenoxy) is 2. The molecule has 9 heteroatoms. The molecule has 1 N–H and O–H groups in total. The van der Waals surface area contributed by atoms with Crippen molar-refractivity contribution in [2.75, 3.05) is 23.9 Å². The number of anilines is 2. The number of benzene rings is 2. The van der Waals surface area contributed by atoms with Crippen LogP contribution in [0.5, 0.6) is 11.5 Å². The van der Waals surface area contributed by atoms with Gasteiger partial charge in [0.1, 0.15) is 18.0 Å². The Morgan fingerprint density at radius 2 is 2.00 bits per heavy atom. The van der Waals surface area contributed by atoms with Crippen LogP contribution >= 0.6 is 0 Å². The predicted molar refractivity (Wildman–Crippen MR) is 102 cm³/mol. The Morgan fingerprint density at radius 1 is 1.29 bits per heavy atom. The summed E-state index contributed by atoms with van der Waals surface area (Å²) >= 11 is 0. The second kappa shape index (κ2) is 7.95. The summed E-state index contributed by atoms with van der Waals surface area (Å²) in [4.78, 5) is 36.9. The fourth-order valence-electron chi connectivity index (χ4n) is 2.87. The first-order chi connectivity index (χ1) is 13.4. The van der Waals surface area contributed by atoms with Crippen LogP contribution in [0.1, 0.15) is 13.3 Å². The third kappa shape index (κ3) is 3.88. The highest BCUT2D eigenvalue weighted by Crippen LogP contribution is 2.37. The van der Waals surface area contributed by atoms with Crippen LogP contribution in [0.15, 0.2) is 42.5 Å². The zero-order valence-corrected chi connectivity index (χ0v) is 15.4. The van der Waals surface area contributed by atoms with E-state index in [-0.39, 0.29) is 17.9 Å². The normalized spacial score (nSPS) is 15.4. The number of nitro benzene ring substituents is 1. The van der Waals surface area contributed by atoms with Crippen LogP contribution in [0.4, 0.5) is 17.1 Å². The lowest BCUT2D eigenvalue weighted by Gasteiger charge is -2.33. The zero-order valence-electron chi connectivity index (χ0n) is 15.4. The monoisotopic (exact) mass is 385 g/mol. The molecule has 0 fully saturated rings. The molecule has 2 aromatic carbocycles. The first-order valence-corrected chi connectivity index (χ1v) is 8.63. The predicted octanol–water partition coefficient (Wildman–Crippen LogP) is 2.75. The number of hydrogen-bond acceptors (Lipinski definition) is 6. The molecule has 0 bridgehead atoms. The fraction of sp³-hybridized carbons (Fsp3) is 0.263. The van der Waals surface area contributed by atoms with E-state index in [1.165, 1.54) is 23.1 Å². The first-order valence-electron chi connectivity index (χ1n) is 8.63. The number of amides is 2. The quantitative estimate of drug-likeness (QED) is 0.605. The number of nitro groups is 1. The van der Waals surface area contributed by atoms with E-state index in [0.717, 1.165) is 0 Å². The van der Waals surface area contributed by atoms with Gasteiger partial charge in [-0.25, -0.2) is 0 Å². The van der Waals surface area contributed by atoms with Crippen molar-refractivity contribution in [3.05, 3.63) is 52.6 Å². The van der Waals surface area contributed by atoms with Crippen LogP contribution in [0, 0.1) is 10.1 Å². The van der Waals surface area contributed by atoms with Gasteiger partial charge in [0.15, 0.2) is 6.10 Å². The van der Waals surface area contributed by atoms with Gasteiger partial charge in [-0.05, 0) is 36.8 Å². The average molecular weight is 385 g/mol. The third-order valence-electron chi connectivity index (χ3n) is 4.30. The van der Waals surface area contributed by atoms with Crippen LogP contribution < -0.4 is 19.7 Å². The van der Waals surface area contributed by atoms with Gasteiger partial charge in [0.25, 0.3) is 11.6 Å². The lowest BCUT2D eigenvalue weighted by molar-refractivity contribution is -0.384. The largest absolute Gasteiger partial charge is 0.497 e. The number of carbonyl (C=O) groups excluding carboxylic acids is 2. The van der Waals surface area contributed by atoms with Gasteiger partial charge < -0.3 is 14.8 Å². The molecule has 1 aliphatic rings. The van der Waals surface area contributed by atoms with Crippen LogP contribution in [0.2, 0.25) is 0 Å². The van der Waals surface area contributed by atoms with E-state index in [0.29, 0.717) is 23.6 Å². The molecule has 146 valence electrons. The summed E-state index contributed by atoms with van der Waals surface area (Å²) in [6.07, 6.45) is -0.339. The van der Waals surface area contributed by atoms with Crippen molar-refractivity contribution in [1.82, 2.24) is 0 Å². The Morgan fingerprint density at radius 3 is 2.61 bits per heavy atom. The van der Waals surface area contributed by atoms with Crippen molar-refractivity contribution in [1.29, 1.82) is 0 Å². The minimum absolute atomic E-state index is 0.189. The van der Waals surface area contributed by atoms with Gasteiger partial charge in [-0.2, -0.15) is 0 Å². The molecule has 0 saturated carbocycles. The molecule has 0 aromatic heterocycles. The molecular formula is C19H19N3O6. The van der Waals surface area contributed by atoms with Crippen molar-refractivity contribution >= 4 is 28.9 Å². The average Bonchev–Trinajstić information content (AvgIpc) is 2.70. The second-order valence-electron chi connectivity index (χ2n) is 6.12. The highest BCUT2D eigenvalue weighted by atomic mass is 16.6. The molecule has 1 atom stereocenters.